The number of anilines is 2. The van der Waals surface area contributed by atoms with Crippen molar-refractivity contribution in [3.63, 3.8) is 0 Å². The summed E-state index contributed by atoms with van der Waals surface area (Å²) < 4.78 is 10.5. The highest BCUT2D eigenvalue weighted by Gasteiger charge is 2.24. The van der Waals surface area contributed by atoms with E-state index >= 15 is 0 Å². The second kappa shape index (κ2) is 6.83. The van der Waals surface area contributed by atoms with E-state index in [-0.39, 0.29) is 12.1 Å². The molecule has 0 saturated carbocycles. The van der Waals surface area contributed by atoms with E-state index < -0.39 is 5.97 Å². The first-order chi connectivity index (χ1) is 9.27. The predicted molar refractivity (Wildman–Crippen MR) is 83.8 cm³/mol. The number of hydrogen-bond donors (Lipinski definition) is 2. The van der Waals surface area contributed by atoms with Crippen LogP contribution >= 0.6 is 11.3 Å². The lowest BCUT2D eigenvalue weighted by Gasteiger charge is -2.19. The Morgan fingerprint density at radius 1 is 1.25 bits per heavy atom. The molecule has 1 unspecified atom stereocenters. The van der Waals surface area contributed by atoms with Crippen molar-refractivity contribution < 1.29 is 14.3 Å². The van der Waals surface area contributed by atoms with E-state index in [1.165, 1.54) is 18.4 Å². The number of rotatable bonds is 6. The molecule has 0 aliphatic rings. The molecule has 0 bridgehead atoms. The maximum atomic E-state index is 11.7. The average molecular weight is 300 g/mol. The third-order valence-corrected chi connectivity index (χ3v) is 4.08. The summed E-state index contributed by atoms with van der Waals surface area (Å²) in [6.07, 6.45) is -0.0210. The summed E-state index contributed by atoms with van der Waals surface area (Å²) in [5.41, 5.74) is 6.37. The van der Waals surface area contributed by atoms with Crippen LogP contribution in [0.4, 0.5) is 10.7 Å². The van der Waals surface area contributed by atoms with Crippen LogP contribution in [0.3, 0.4) is 0 Å². The van der Waals surface area contributed by atoms with E-state index in [0.29, 0.717) is 22.2 Å². The minimum atomic E-state index is -0.439. The first-order valence-electron chi connectivity index (χ1n) is 6.71. The van der Waals surface area contributed by atoms with Gasteiger partial charge in [-0.2, -0.15) is 0 Å². The fourth-order valence-electron chi connectivity index (χ4n) is 1.49. The number of nitrogens with two attached hydrogens (primary N) is 1. The Balaban J connectivity index is 3.16. The van der Waals surface area contributed by atoms with Crippen LogP contribution in [0.2, 0.25) is 0 Å². The van der Waals surface area contributed by atoms with Crippen molar-refractivity contribution in [2.24, 2.45) is 5.92 Å². The van der Waals surface area contributed by atoms with Gasteiger partial charge < -0.3 is 20.5 Å². The molecule has 0 radical (unpaired) electrons. The quantitative estimate of drug-likeness (QED) is 0.788. The molecule has 0 aliphatic heterocycles. The van der Waals surface area contributed by atoms with Gasteiger partial charge in [0.15, 0.2) is 5.75 Å². The lowest BCUT2D eigenvalue weighted by atomic mass is 10.1. The highest BCUT2D eigenvalue weighted by molar-refractivity contribution is 7.19. The van der Waals surface area contributed by atoms with Crippen LogP contribution < -0.4 is 15.8 Å². The molecule has 1 aromatic rings. The zero-order chi connectivity index (χ0) is 15.4. The summed E-state index contributed by atoms with van der Waals surface area (Å²) in [5.74, 6) is 0.552. The fourth-order valence-corrected chi connectivity index (χ4v) is 2.56. The average Bonchev–Trinajstić information content (AvgIpc) is 2.66. The second-order valence-corrected chi connectivity index (χ2v) is 6.36. The van der Waals surface area contributed by atoms with Crippen molar-refractivity contribution in [2.45, 2.75) is 46.8 Å². The minimum absolute atomic E-state index is 0.0210. The molecule has 0 aliphatic carbocycles. The first-order valence-corrected chi connectivity index (χ1v) is 7.53. The van der Waals surface area contributed by atoms with Crippen molar-refractivity contribution in [3.8, 4) is 5.75 Å². The molecule has 20 heavy (non-hydrogen) atoms. The molecule has 1 heterocycles. The number of carbonyl (C=O) groups is 1. The fraction of sp³-hybridized carbons (Fsp3) is 0.643. The van der Waals surface area contributed by atoms with Crippen LogP contribution in [0.15, 0.2) is 0 Å². The van der Waals surface area contributed by atoms with Gasteiger partial charge in [0, 0.05) is 6.04 Å². The van der Waals surface area contributed by atoms with E-state index in [1.807, 2.05) is 13.8 Å². The molecule has 0 fully saturated rings. The Kier molecular flexibility index (Phi) is 5.68. The van der Waals surface area contributed by atoms with Crippen LogP contribution in [-0.4, -0.2) is 25.2 Å². The number of esters is 1. The Morgan fingerprint density at radius 2 is 1.85 bits per heavy atom. The summed E-state index contributed by atoms with van der Waals surface area (Å²) >= 11 is 1.27. The van der Waals surface area contributed by atoms with Crippen LogP contribution in [-0.2, 0) is 4.74 Å². The van der Waals surface area contributed by atoms with Gasteiger partial charge >= 0.3 is 5.97 Å². The van der Waals surface area contributed by atoms with E-state index in [9.17, 15) is 4.79 Å². The molecule has 0 aromatic carbocycles. The molecule has 0 spiro atoms. The lowest BCUT2D eigenvalue weighted by Crippen LogP contribution is -2.21. The number of thiophene rings is 1. The molecular weight excluding hydrogens is 276 g/mol. The summed E-state index contributed by atoms with van der Waals surface area (Å²) in [7, 11) is 1.34. The summed E-state index contributed by atoms with van der Waals surface area (Å²) in [5, 5.41) is 4.14. The number of carbonyl (C=O) groups excluding carboxylic acids is 1. The summed E-state index contributed by atoms with van der Waals surface area (Å²) in [4.78, 5) is 12.1. The molecule has 1 atom stereocenters. The van der Waals surface area contributed by atoms with Gasteiger partial charge in [0.05, 0.1) is 13.2 Å². The van der Waals surface area contributed by atoms with Gasteiger partial charge in [0.25, 0.3) is 0 Å². The zero-order valence-electron chi connectivity index (χ0n) is 12.9. The largest absolute Gasteiger partial charge is 0.486 e. The SMILES string of the molecule is COC(=O)c1sc(NC(C)C(C)C)c(OC(C)C)c1N. The van der Waals surface area contributed by atoms with Crippen molar-refractivity contribution >= 4 is 28.0 Å². The Bertz CT molecular complexity index is 469. The maximum Gasteiger partial charge on any atom is 0.350 e. The monoisotopic (exact) mass is 300 g/mol. The molecule has 0 saturated heterocycles. The van der Waals surface area contributed by atoms with E-state index in [0.717, 1.165) is 5.00 Å². The van der Waals surface area contributed by atoms with Crippen LogP contribution in [0.1, 0.15) is 44.3 Å². The van der Waals surface area contributed by atoms with E-state index in [2.05, 4.69) is 26.1 Å². The Labute approximate surface area is 124 Å². The third-order valence-electron chi connectivity index (χ3n) is 2.98. The number of hydrogen-bond acceptors (Lipinski definition) is 6. The Hall–Kier alpha value is -1.43. The molecule has 3 N–H and O–H groups in total. The molecule has 5 nitrogen and oxygen atoms in total. The summed E-state index contributed by atoms with van der Waals surface area (Å²) in [6.45, 7) is 10.2. The van der Waals surface area contributed by atoms with Gasteiger partial charge in [0.1, 0.15) is 15.6 Å². The molecule has 1 rings (SSSR count). The topological polar surface area (TPSA) is 73.6 Å². The van der Waals surface area contributed by atoms with Crippen molar-refractivity contribution in [1.29, 1.82) is 0 Å². The van der Waals surface area contributed by atoms with Gasteiger partial charge in [-0.25, -0.2) is 4.79 Å². The second-order valence-electron chi connectivity index (χ2n) is 5.34. The normalized spacial score (nSPS) is 12.6. The van der Waals surface area contributed by atoms with Crippen LogP contribution in [0.5, 0.6) is 5.75 Å². The number of ether oxygens (including phenoxy) is 2. The molecule has 0 amide bonds. The number of nitrogens with one attached hydrogen (secondary N) is 1. The van der Waals surface area contributed by atoms with Crippen molar-refractivity contribution in [2.75, 3.05) is 18.2 Å². The van der Waals surface area contributed by atoms with Gasteiger partial charge in [-0.15, -0.1) is 11.3 Å². The highest BCUT2D eigenvalue weighted by atomic mass is 32.1. The smallest absolute Gasteiger partial charge is 0.350 e. The van der Waals surface area contributed by atoms with E-state index in [1.54, 1.807) is 0 Å². The lowest BCUT2D eigenvalue weighted by molar-refractivity contribution is 0.0607. The van der Waals surface area contributed by atoms with Crippen LogP contribution in [0, 0.1) is 5.92 Å². The first kappa shape index (κ1) is 16.6. The third kappa shape index (κ3) is 3.79. The van der Waals surface area contributed by atoms with Gasteiger partial charge in [-0.3, -0.25) is 0 Å². The molecule has 1 aromatic heterocycles. The molecule has 114 valence electrons. The molecular formula is C14H24N2O3S. The number of methoxy groups -OCH3 is 1. The zero-order valence-corrected chi connectivity index (χ0v) is 13.8. The van der Waals surface area contributed by atoms with Crippen LogP contribution in [0.25, 0.3) is 0 Å². The molecule has 6 heteroatoms. The predicted octanol–water partition coefficient (Wildman–Crippen LogP) is 3.36. The highest BCUT2D eigenvalue weighted by Crippen LogP contribution is 2.44. The summed E-state index contributed by atoms with van der Waals surface area (Å²) in [6, 6.07) is 0.244. The van der Waals surface area contributed by atoms with Crippen molar-refractivity contribution in [3.05, 3.63) is 4.88 Å². The maximum absolute atomic E-state index is 11.7. The van der Waals surface area contributed by atoms with Gasteiger partial charge in [-0.05, 0) is 26.7 Å². The number of nitrogen functional groups attached to an aromatic ring is 1. The minimum Gasteiger partial charge on any atom is -0.486 e. The van der Waals surface area contributed by atoms with Gasteiger partial charge in [0.2, 0.25) is 0 Å². The standard InChI is InChI=1S/C14H24N2O3S/c1-7(2)9(5)16-13-11(19-8(3)4)10(15)12(20-13)14(17)18-6/h7-9,16H,15H2,1-6H3. The van der Waals surface area contributed by atoms with Crippen molar-refractivity contribution in [1.82, 2.24) is 0 Å². The Morgan fingerprint density at radius 3 is 2.30 bits per heavy atom. The van der Waals surface area contributed by atoms with E-state index in [4.69, 9.17) is 15.2 Å². The van der Waals surface area contributed by atoms with Gasteiger partial charge in [-0.1, -0.05) is 13.8 Å².